The number of aryl methyl sites for hydroxylation is 2. The van der Waals surface area contributed by atoms with Gasteiger partial charge < -0.3 is 10.2 Å². The largest absolute Gasteiger partial charge is 0.351 e. The number of nitrogens with one attached hydrogen (secondary N) is 2. The normalized spacial score (nSPS) is 17.6. The second kappa shape index (κ2) is 8.82. The Labute approximate surface area is 151 Å². The van der Waals surface area contributed by atoms with Crippen molar-refractivity contribution in [2.75, 3.05) is 20.1 Å². The first kappa shape index (κ1) is 17.7. The van der Waals surface area contributed by atoms with E-state index in [1.807, 2.05) is 6.07 Å². The van der Waals surface area contributed by atoms with Crippen LogP contribution in [0.1, 0.15) is 42.0 Å². The predicted octanol–water partition coefficient (Wildman–Crippen LogP) is 2.33. The summed E-state index contributed by atoms with van der Waals surface area (Å²) in [4.78, 5) is 13.6. The summed E-state index contributed by atoms with van der Waals surface area (Å²) in [6, 6.07) is 19.6. The van der Waals surface area contributed by atoms with E-state index in [0.29, 0.717) is 12.6 Å². The Hall–Kier alpha value is -2.13. The number of hydrogen-bond acceptors (Lipinski definition) is 1. The van der Waals surface area contributed by atoms with Gasteiger partial charge in [-0.15, -0.1) is 0 Å². The summed E-state index contributed by atoms with van der Waals surface area (Å²) in [5.74, 6) is 0.161. The molecule has 25 heavy (non-hydrogen) atoms. The molecule has 0 bridgehead atoms. The average Bonchev–Trinajstić information content (AvgIpc) is 2.65. The van der Waals surface area contributed by atoms with Crippen LogP contribution in [0.25, 0.3) is 0 Å². The fourth-order valence-corrected chi connectivity index (χ4v) is 3.87. The van der Waals surface area contributed by atoms with Gasteiger partial charge in [0.15, 0.2) is 6.54 Å². The van der Waals surface area contributed by atoms with E-state index in [4.69, 9.17) is 0 Å². The third kappa shape index (κ3) is 4.93. The monoisotopic (exact) mass is 337 g/mol. The molecule has 2 aromatic rings. The van der Waals surface area contributed by atoms with Crippen LogP contribution in [-0.4, -0.2) is 26.0 Å². The molecule has 132 valence electrons. The maximum Gasteiger partial charge on any atom is 0.275 e. The SMILES string of the molecule is C[NH+](CC(=O)NCCCc1ccccc1)[C@H]1CCCc2ccccc21. The molecule has 0 heterocycles. The maximum absolute atomic E-state index is 12.3. The molecule has 0 aromatic heterocycles. The first-order chi connectivity index (χ1) is 12.2. The fraction of sp³-hybridized carbons (Fsp3) is 0.409. The zero-order valence-corrected chi connectivity index (χ0v) is 15.1. The van der Waals surface area contributed by atoms with Crippen molar-refractivity contribution in [3.05, 3.63) is 71.3 Å². The number of carbonyl (C=O) groups excluding carboxylic acids is 1. The highest BCUT2D eigenvalue weighted by atomic mass is 16.2. The summed E-state index contributed by atoms with van der Waals surface area (Å²) >= 11 is 0. The lowest BCUT2D eigenvalue weighted by Crippen LogP contribution is -3.10. The molecule has 2 aromatic carbocycles. The second-order valence-corrected chi connectivity index (χ2v) is 7.11. The van der Waals surface area contributed by atoms with Crippen molar-refractivity contribution >= 4 is 5.91 Å². The Kier molecular flexibility index (Phi) is 6.24. The van der Waals surface area contributed by atoms with Gasteiger partial charge in [0.2, 0.25) is 0 Å². The minimum atomic E-state index is 0.161. The molecular formula is C22H29N2O+. The molecule has 0 saturated carbocycles. The van der Waals surface area contributed by atoms with Gasteiger partial charge in [-0.2, -0.15) is 0 Å². The van der Waals surface area contributed by atoms with Crippen LogP contribution in [0.4, 0.5) is 0 Å². The zero-order chi connectivity index (χ0) is 17.5. The summed E-state index contributed by atoms with van der Waals surface area (Å²) in [6.07, 6.45) is 5.56. The van der Waals surface area contributed by atoms with Crippen LogP contribution in [-0.2, 0) is 17.6 Å². The van der Waals surface area contributed by atoms with Crippen molar-refractivity contribution in [3.8, 4) is 0 Å². The molecule has 3 nitrogen and oxygen atoms in total. The lowest BCUT2D eigenvalue weighted by atomic mass is 9.87. The highest BCUT2D eigenvalue weighted by molar-refractivity contribution is 5.76. The van der Waals surface area contributed by atoms with E-state index in [9.17, 15) is 4.79 Å². The maximum atomic E-state index is 12.3. The van der Waals surface area contributed by atoms with Gasteiger partial charge in [0.05, 0.1) is 7.05 Å². The third-order valence-electron chi connectivity index (χ3n) is 5.21. The van der Waals surface area contributed by atoms with Crippen molar-refractivity contribution in [2.24, 2.45) is 0 Å². The van der Waals surface area contributed by atoms with Crippen molar-refractivity contribution in [1.82, 2.24) is 5.32 Å². The lowest BCUT2D eigenvalue weighted by molar-refractivity contribution is -0.905. The van der Waals surface area contributed by atoms with Crippen molar-refractivity contribution in [1.29, 1.82) is 0 Å². The number of hydrogen-bond donors (Lipinski definition) is 2. The number of amides is 1. The minimum absolute atomic E-state index is 0.161. The smallest absolute Gasteiger partial charge is 0.275 e. The Morgan fingerprint density at radius 2 is 1.88 bits per heavy atom. The van der Waals surface area contributed by atoms with E-state index in [2.05, 4.69) is 60.9 Å². The van der Waals surface area contributed by atoms with E-state index in [1.54, 1.807) is 0 Å². The average molecular weight is 337 g/mol. The molecule has 0 aliphatic heterocycles. The molecule has 0 spiro atoms. The molecule has 0 fully saturated rings. The molecule has 2 N–H and O–H groups in total. The van der Waals surface area contributed by atoms with Gasteiger partial charge in [-0.05, 0) is 36.8 Å². The molecule has 3 heteroatoms. The van der Waals surface area contributed by atoms with E-state index in [-0.39, 0.29) is 5.91 Å². The number of rotatable bonds is 7. The van der Waals surface area contributed by atoms with Gasteiger partial charge in [0.25, 0.3) is 5.91 Å². The summed E-state index contributed by atoms with van der Waals surface area (Å²) in [5, 5.41) is 3.09. The summed E-state index contributed by atoms with van der Waals surface area (Å²) in [7, 11) is 2.15. The van der Waals surface area contributed by atoms with Gasteiger partial charge in [0, 0.05) is 18.5 Å². The van der Waals surface area contributed by atoms with Crippen LogP contribution < -0.4 is 10.2 Å². The lowest BCUT2D eigenvalue weighted by Gasteiger charge is -2.30. The second-order valence-electron chi connectivity index (χ2n) is 7.11. The van der Waals surface area contributed by atoms with Crippen LogP contribution in [0.5, 0.6) is 0 Å². The topological polar surface area (TPSA) is 33.5 Å². The Balaban J connectivity index is 1.44. The van der Waals surface area contributed by atoms with Crippen molar-refractivity contribution in [3.63, 3.8) is 0 Å². The highest BCUT2D eigenvalue weighted by Crippen LogP contribution is 2.27. The van der Waals surface area contributed by atoms with Crippen LogP contribution in [0.2, 0.25) is 0 Å². The summed E-state index contributed by atoms with van der Waals surface area (Å²) in [6.45, 7) is 1.30. The first-order valence-electron chi connectivity index (χ1n) is 9.45. The van der Waals surface area contributed by atoms with Gasteiger partial charge in [-0.1, -0.05) is 54.6 Å². The Morgan fingerprint density at radius 1 is 1.12 bits per heavy atom. The van der Waals surface area contributed by atoms with Gasteiger partial charge in [0.1, 0.15) is 6.04 Å². The third-order valence-corrected chi connectivity index (χ3v) is 5.21. The summed E-state index contributed by atoms with van der Waals surface area (Å²) in [5.41, 5.74) is 4.22. The molecule has 1 amide bonds. The molecule has 2 atom stereocenters. The van der Waals surface area contributed by atoms with Gasteiger partial charge >= 0.3 is 0 Å². The number of carbonyl (C=O) groups is 1. The molecule has 3 rings (SSSR count). The van der Waals surface area contributed by atoms with Crippen molar-refractivity contribution < 1.29 is 9.69 Å². The van der Waals surface area contributed by atoms with Crippen LogP contribution >= 0.6 is 0 Å². The zero-order valence-electron chi connectivity index (χ0n) is 15.1. The minimum Gasteiger partial charge on any atom is -0.351 e. The fourth-order valence-electron chi connectivity index (χ4n) is 3.87. The van der Waals surface area contributed by atoms with Crippen LogP contribution in [0, 0.1) is 0 Å². The summed E-state index contributed by atoms with van der Waals surface area (Å²) < 4.78 is 0. The quantitative estimate of drug-likeness (QED) is 0.747. The Bertz CT molecular complexity index is 683. The molecule has 0 radical (unpaired) electrons. The molecule has 0 saturated heterocycles. The number of likely N-dealkylation sites (N-methyl/N-ethyl adjacent to an activating group) is 1. The van der Waals surface area contributed by atoms with Crippen molar-refractivity contribution in [2.45, 2.75) is 38.1 Å². The van der Waals surface area contributed by atoms with Crippen LogP contribution in [0.3, 0.4) is 0 Å². The van der Waals surface area contributed by atoms with Gasteiger partial charge in [-0.25, -0.2) is 0 Å². The predicted molar refractivity (Wildman–Crippen MR) is 102 cm³/mol. The number of benzene rings is 2. The van der Waals surface area contributed by atoms with E-state index >= 15 is 0 Å². The highest BCUT2D eigenvalue weighted by Gasteiger charge is 2.27. The molecule has 1 unspecified atom stereocenters. The Morgan fingerprint density at radius 3 is 2.72 bits per heavy atom. The van der Waals surface area contributed by atoms with Crippen LogP contribution in [0.15, 0.2) is 54.6 Å². The standard InChI is InChI=1S/C22H28N2O/c1-24(21-15-7-13-19-12-5-6-14-20(19)21)17-22(25)23-16-8-11-18-9-3-2-4-10-18/h2-6,9-10,12,14,21H,7-8,11,13,15-17H2,1H3,(H,23,25)/p+1/t21-/m0/s1. The van der Waals surface area contributed by atoms with Gasteiger partial charge in [-0.3, -0.25) is 4.79 Å². The molecule has 1 aliphatic carbocycles. The van der Waals surface area contributed by atoms with E-state index in [0.717, 1.165) is 19.4 Å². The number of fused-ring (bicyclic) bond motifs is 1. The van der Waals surface area contributed by atoms with E-state index in [1.165, 1.54) is 40.9 Å². The molecule has 1 aliphatic rings. The van der Waals surface area contributed by atoms with E-state index < -0.39 is 0 Å². The molecular weight excluding hydrogens is 308 g/mol. The first-order valence-corrected chi connectivity index (χ1v) is 9.45. The number of quaternary nitrogens is 1.